The molecule has 0 bridgehead atoms. The topological polar surface area (TPSA) is 31.2 Å². The van der Waals surface area contributed by atoms with E-state index in [1.54, 1.807) is 0 Å². The predicted octanol–water partition coefficient (Wildman–Crippen LogP) is 28.3. The fourth-order valence-electron chi connectivity index (χ4n) is 17.3. The normalized spacial score (nSPS) is 11.9. The lowest BCUT2D eigenvalue weighted by Gasteiger charge is -2.20. The number of nitrogens with zero attached hydrogens (tertiary/aromatic N) is 1. The summed E-state index contributed by atoms with van der Waals surface area (Å²) in [6.45, 7) is 0. The highest BCUT2D eigenvalue weighted by Gasteiger charge is 2.27. The van der Waals surface area contributed by atoms with Crippen molar-refractivity contribution < 1.29 is 8.83 Å². The van der Waals surface area contributed by atoms with Crippen molar-refractivity contribution in [1.82, 2.24) is 4.57 Å². The van der Waals surface area contributed by atoms with Gasteiger partial charge < -0.3 is 13.4 Å². The fourth-order valence-corrected chi connectivity index (χ4v) is 17.3. The molecule has 3 aromatic heterocycles. The molecule has 3 nitrogen and oxygen atoms in total. The van der Waals surface area contributed by atoms with Crippen LogP contribution in [0.15, 0.2) is 379 Å². The Balaban J connectivity index is 0.000000134. The SMILES string of the molecule is c1ccc(-c2ccccc2-c2ccc(-c3c4ccccc4c(-c4cccc5ccccc45)c4ccccc34)c3c2oc2ccccc23)cc1.c1ccc2cc3c(cc2c1)c1ccccc1n3-c1ccc(-c2c3ccccc3c(-c3cccc4ccccc34)c3ccccc23)c2c1oc1ccccc12. The number of hydrogen-bond acceptors (Lipinski definition) is 2. The molecule has 0 radical (unpaired) electrons. The molecule has 0 N–H and O–H groups in total. The molecule has 0 amide bonds. The molecule has 0 aliphatic rings. The van der Waals surface area contributed by atoms with Crippen LogP contribution in [0.4, 0.5) is 0 Å². The molecule has 0 unspecified atom stereocenters. The lowest BCUT2D eigenvalue weighted by atomic mass is 9.83. The van der Waals surface area contributed by atoms with Crippen LogP contribution in [0.1, 0.15) is 0 Å². The Bertz CT molecular complexity index is 7120. The van der Waals surface area contributed by atoms with Crippen LogP contribution >= 0.6 is 0 Å². The van der Waals surface area contributed by atoms with Crippen molar-refractivity contribution in [3.63, 3.8) is 0 Å². The van der Waals surface area contributed by atoms with E-state index >= 15 is 0 Å². The number of hydrogen-bond donors (Lipinski definition) is 0. The smallest absolute Gasteiger partial charge is 0.160 e. The lowest BCUT2D eigenvalue weighted by molar-refractivity contribution is 0.666. The highest BCUT2D eigenvalue weighted by molar-refractivity contribution is 6.30. The second kappa shape index (κ2) is 23.5. The van der Waals surface area contributed by atoms with E-state index < -0.39 is 0 Å². The summed E-state index contributed by atoms with van der Waals surface area (Å²) in [5.74, 6) is 0. The van der Waals surface area contributed by atoms with Crippen molar-refractivity contribution in [3.05, 3.63) is 370 Å². The van der Waals surface area contributed by atoms with Crippen LogP contribution in [0.2, 0.25) is 0 Å². The van der Waals surface area contributed by atoms with Crippen molar-refractivity contribution in [2.24, 2.45) is 0 Å². The van der Waals surface area contributed by atoms with E-state index in [-0.39, 0.29) is 0 Å². The number of furan rings is 2. The molecular formula is C100H61NO2. The molecule has 0 aliphatic heterocycles. The van der Waals surface area contributed by atoms with Crippen LogP contribution in [0, 0.1) is 0 Å². The first kappa shape index (κ1) is 58.4. The number of para-hydroxylation sites is 3. The van der Waals surface area contributed by atoms with Gasteiger partial charge in [0.1, 0.15) is 16.7 Å². The first-order valence-corrected chi connectivity index (χ1v) is 35.5. The predicted molar refractivity (Wildman–Crippen MR) is 437 cm³/mol. The Morgan fingerprint density at radius 2 is 0.534 bits per heavy atom. The van der Waals surface area contributed by atoms with Gasteiger partial charge in [-0.05, 0) is 179 Å². The number of fused-ring (bicyclic) bond motifs is 16. The molecule has 103 heavy (non-hydrogen) atoms. The third-order valence-electron chi connectivity index (χ3n) is 21.6. The van der Waals surface area contributed by atoms with Crippen molar-refractivity contribution in [2.45, 2.75) is 0 Å². The minimum Gasteiger partial charge on any atom is -0.455 e. The van der Waals surface area contributed by atoms with Crippen LogP contribution in [-0.2, 0) is 0 Å². The molecule has 19 aromatic carbocycles. The number of rotatable bonds is 7. The van der Waals surface area contributed by atoms with Crippen LogP contribution < -0.4 is 0 Å². The Morgan fingerprint density at radius 3 is 1.06 bits per heavy atom. The Hall–Kier alpha value is -13.6. The molecule has 3 heteroatoms. The first-order valence-electron chi connectivity index (χ1n) is 35.5. The molecule has 0 atom stereocenters. The van der Waals surface area contributed by atoms with Gasteiger partial charge in [0.15, 0.2) is 5.58 Å². The second-order valence-corrected chi connectivity index (χ2v) is 27.1. The lowest BCUT2D eigenvalue weighted by Crippen LogP contribution is -1.96. The van der Waals surface area contributed by atoms with Crippen LogP contribution in [0.3, 0.4) is 0 Å². The molecule has 0 fully saturated rings. The molecule has 0 aliphatic carbocycles. The van der Waals surface area contributed by atoms with E-state index in [0.29, 0.717) is 0 Å². The molecule has 0 saturated heterocycles. The van der Waals surface area contributed by atoms with Gasteiger partial charge in [0.25, 0.3) is 0 Å². The summed E-state index contributed by atoms with van der Waals surface area (Å²) >= 11 is 0. The third-order valence-corrected chi connectivity index (χ3v) is 21.6. The molecule has 0 spiro atoms. The Kier molecular flexibility index (Phi) is 13.3. The van der Waals surface area contributed by atoms with Crippen LogP contribution in [0.25, 0.3) is 214 Å². The summed E-state index contributed by atoms with van der Waals surface area (Å²) in [6.07, 6.45) is 0. The van der Waals surface area contributed by atoms with Gasteiger partial charge in [-0.2, -0.15) is 0 Å². The number of aromatic nitrogens is 1. The summed E-state index contributed by atoms with van der Waals surface area (Å²) in [7, 11) is 0. The third kappa shape index (κ3) is 9.09. The average Bonchev–Trinajstić information content (AvgIpc) is 1.70. The second-order valence-electron chi connectivity index (χ2n) is 27.1. The zero-order chi connectivity index (χ0) is 67.6. The van der Waals surface area contributed by atoms with Crippen molar-refractivity contribution in [3.8, 4) is 72.4 Å². The standard InChI is InChI=1S/C52H31NO.C48H30O/c1-2-16-34-31-47-44(30-33(34)15-1)36-19-9-11-26-45(36)53(47)46-29-28-43(51-42-24-10-12-27-48(42)54-52(46)51)50-40-22-7-5-20-38(40)49(39-21-6-8-23-41(39)50)37-25-13-17-32-14-3-4-18-35(32)37;1-2-15-31(16-3-1)33-19-6-7-21-35(33)41-29-30-43(47-42-26-12-13-28-44(42)49-48(41)47)46-39-24-10-8-22-37(39)45(38-23-9-11-25-40(38)46)36-27-14-18-32-17-4-5-20-34(32)36/h1-31H;1-30H. The van der Waals surface area contributed by atoms with E-state index in [0.717, 1.165) is 66.2 Å². The van der Waals surface area contributed by atoms with E-state index in [1.807, 2.05) is 0 Å². The summed E-state index contributed by atoms with van der Waals surface area (Å²) in [5.41, 5.74) is 21.4. The van der Waals surface area contributed by atoms with Gasteiger partial charge in [0.05, 0.1) is 16.7 Å². The highest BCUT2D eigenvalue weighted by atomic mass is 16.3. The van der Waals surface area contributed by atoms with Gasteiger partial charge in [-0.1, -0.05) is 328 Å². The molecule has 22 rings (SSSR count). The van der Waals surface area contributed by atoms with Gasteiger partial charge >= 0.3 is 0 Å². The van der Waals surface area contributed by atoms with Gasteiger partial charge in [-0.15, -0.1) is 0 Å². The van der Waals surface area contributed by atoms with Crippen molar-refractivity contribution in [1.29, 1.82) is 0 Å². The van der Waals surface area contributed by atoms with E-state index in [1.165, 1.54) is 147 Å². The Morgan fingerprint density at radius 1 is 0.184 bits per heavy atom. The van der Waals surface area contributed by atoms with Gasteiger partial charge in [0, 0.05) is 37.9 Å². The Labute approximate surface area is 593 Å². The summed E-state index contributed by atoms with van der Waals surface area (Å²) in [6, 6.07) is 134. The van der Waals surface area contributed by atoms with Crippen molar-refractivity contribution >= 4 is 141 Å². The minimum absolute atomic E-state index is 0.883. The van der Waals surface area contributed by atoms with Gasteiger partial charge in [0.2, 0.25) is 0 Å². The average molecular weight is 1310 g/mol. The highest BCUT2D eigenvalue weighted by Crippen LogP contribution is 2.53. The maximum Gasteiger partial charge on any atom is 0.160 e. The fraction of sp³-hybridized carbons (Fsp3) is 0. The van der Waals surface area contributed by atoms with E-state index in [2.05, 4.69) is 375 Å². The molecule has 3 heterocycles. The quantitative estimate of drug-likeness (QED) is 0.149. The maximum atomic E-state index is 7.00. The van der Waals surface area contributed by atoms with Crippen LogP contribution in [-0.4, -0.2) is 4.57 Å². The van der Waals surface area contributed by atoms with Gasteiger partial charge in [-0.3, -0.25) is 0 Å². The largest absolute Gasteiger partial charge is 0.455 e. The molecule has 22 aromatic rings. The number of benzene rings is 19. The summed E-state index contributed by atoms with van der Waals surface area (Å²) in [5, 5.41) is 24.3. The maximum absolute atomic E-state index is 7.00. The monoisotopic (exact) mass is 1310 g/mol. The summed E-state index contributed by atoms with van der Waals surface area (Å²) < 4.78 is 16.3. The molecular weight excluding hydrogens is 1250 g/mol. The molecule has 0 saturated carbocycles. The van der Waals surface area contributed by atoms with E-state index in [9.17, 15) is 0 Å². The van der Waals surface area contributed by atoms with Crippen LogP contribution in [0.5, 0.6) is 0 Å². The zero-order valence-electron chi connectivity index (χ0n) is 56.0. The first-order chi connectivity index (χ1) is 51.2. The van der Waals surface area contributed by atoms with E-state index in [4.69, 9.17) is 8.83 Å². The minimum atomic E-state index is 0.883. The van der Waals surface area contributed by atoms with Crippen molar-refractivity contribution in [2.75, 3.05) is 0 Å². The zero-order valence-corrected chi connectivity index (χ0v) is 56.0. The summed E-state index contributed by atoms with van der Waals surface area (Å²) in [4.78, 5) is 0. The molecule has 478 valence electrons. The van der Waals surface area contributed by atoms with Gasteiger partial charge in [-0.25, -0.2) is 0 Å².